The fourth-order valence-electron chi connectivity index (χ4n) is 8.67. The molecule has 0 bridgehead atoms. The number of fused-ring (bicyclic) bond motifs is 5. The number of ketones is 1. The summed E-state index contributed by atoms with van der Waals surface area (Å²) in [5.41, 5.74) is 6.88. The van der Waals surface area contributed by atoms with Crippen molar-refractivity contribution < 1.29 is 18.7 Å². The Morgan fingerprint density at radius 3 is 2.71 bits per heavy atom. The maximum Gasteiger partial charge on any atom is 0.155 e. The Kier molecular flexibility index (Phi) is 6.28. The molecule has 4 aliphatic carbocycles. The summed E-state index contributed by atoms with van der Waals surface area (Å²) in [6.45, 7) is 1.86. The monoisotopic (exact) mass is 473 g/mol. The molecule has 3 N–H and O–H groups in total. The Morgan fingerprint density at radius 1 is 1.15 bits per heavy atom. The fraction of sp³-hybridized carbons (Fsp3) is 0.741. The van der Waals surface area contributed by atoms with E-state index in [1.807, 2.05) is 0 Å². The Morgan fingerprint density at radius 2 is 1.94 bits per heavy atom. The van der Waals surface area contributed by atoms with E-state index < -0.39 is 18.1 Å². The lowest BCUT2D eigenvalue weighted by Crippen LogP contribution is -2.52. The van der Waals surface area contributed by atoms with Crippen LogP contribution in [0.2, 0.25) is 0 Å². The van der Waals surface area contributed by atoms with Gasteiger partial charge < -0.3 is 10.4 Å². The predicted molar refractivity (Wildman–Crippen MR) is 126 cm³/mol. The maximum absolute atomic E-state index is 13.4. The van der Waals surface area contributed by atoms with E-state index in [0.29, 0.717) is 48.1 Å². The van der Waals surface area contributed by atoms with Gasteiger partial charge in [0.25, 0.3) is 0 Å². The van der Waals surface area contributed by atoms with E-state index in [9.17, 15) is 18.7 Å². The summed E-state index contributed by atoms with van der Waals surface area (Å²) in [6.07, 6.45) is 8.52. The van der Waals surface area contributed by atoms with Gasteiger partial charge in [-0.2, -0.15) is 5.11 Å². The first kappa shape index (κ1) is 23.8. The molecule has 4 saturated carbocycles. The quantitative estimate of drug-likeness (QED) is 0.416. The van der Waals surface area contributed by atoms with Crippen LogP contribution in [0.25, 0.3) is 0 Å². The number of carbonyl (C=O) groups excluding carboxylic acids is 1. The predicted octanol–water partition coefficient (Wildman–Crippen LogP) is 6.44. The van der Waals surface area contributed by atoms with Crippen LogP contribution >= 0.6 is 0 Å². The molecular formula is C27H37F2N3O2. The molecule has 5 nitrogen and oxygen atoms in total. The summed E-state index contributed by atoms with van der Waals surface area (Å²) in [6, 6.07) is 4.04. The number of nitrogens with zero attached hydrogens (tertiary/aromatic N) is 1. The third-order valence-corrected chi connectivity index (χ3v) is 10.3. The van der Waals surface area contributed by atoms with Gasteiger partial charge in [0.05, 0.1) is 17.8 Å². The van der Waals surface area contributed by atoms with E-state index in [-0.39, 0.29) is 29.3 Å². The molecule has 0 spiro atoms. The molecule has 7 heteroatoms. The van der Waals surface area contributed by atoms with Crippen LogP contribution in [0.5, 0.6) is 0 Å². The number of hydrogen-bond donors (Lipinski definition) is 3. The van der Waals surface area contributed by atoms with Crippen LogP contribution in [-0.2, 0) is 4.79 Å². The highest BCUT2D eigenvalue weighted by Crippen LogP contribution is 2.64. The number of halogens is 2. The van der Waals surface area contributed by atoms with Crippen molar-refractivity contribution in [1.29, 1.82) is 5.53 Å². The normalized spacial score (nSPS) is 41.2. The molecule has 0 aliphatic heterocycles. The number of anilines is 1. The lowest BCUT2D eigenvalue weighted by atomic mass is 9.49. The van der Waals surface area contributed by atoms with Gasteiger partial charge in [-0.25, -0.2) is 14.3 Å². The summed E-state index contributed by atoms with van der Waals surface area (Å²) in [5.74, 6) is 2.63. The summed E-state index contributed by atoms with van der Waals surface area (Å²) >= 11 is 0. The highest BCUT2D eigenvalue weighted by molar-refractivity contribution is 5.87. The third kappa shape index (κ3) is 3.98. The van der Waals surface area contributed by atoms with Crippen molar-refractivity contribution in [3.05, 3.63) is 24.0 Å². The van der Waals surface area contributed by atoms with Gasteiger partial charge in [-0.3, -0.25) is 4.79 Å². The zero-order valence-electron chi connectivity index (χ0n) is 20.0. The molecular weight excluding hydrogens is 436 g/mol. The molecule has 186 valence electrons. The minimum Gasteiger partial charge on any atom is -0.387 e. The van der Waals surface area contributed by atoms with Gasteiger partial charge in [-0.05, 0) is 105 Å². The van der Waals surface area contributed by atoms with Gasteiger partial charge in [0.1, 0.15) is 18.2 Å². The first-order chi connectivity index (χ1) is 16.3. The van der Waals surface area contributed by atoms with Crippen LogP contribution in [-0.4, -0.2) is 29.7 Å². The Labute approximate surface area is 200 Å². The average molecular weight is 474 g/mol. The number of aliphatic hydroxyl groups is 1. The molecule has 0 aromatic heterocycles. The SMILES string of the molecule is C[C@]12CC[C@H]3[C@@H](CC[C@@H]4C[C@@](O)(CF)CC[C@@H]43)[C@@H]1CCC2C(=O)CNc1ccc(F)cc1N=N. The van der Waals surface area contributed by atoms with Gasteiger partial charge in [-0.1, -0.05) is 6.92 Å². The van der Waals surface area contributed by atoms with Crippen LogP contribution in [0.4, 0.5) is 20.2 Å². The van der Waals surface area contributed by atoms with Gasteiger partial charge >= 0.3 is 0 Å². The number of carbonyl (C=O) groups is 1. The van der Waals surface area contributed by atoms with Crippen LogP contribution in [0, 0.1) is 52.3 Å². The second kappa shape index (κ2) is 8.96. The van der Waals surface area contributed by atoms with Gasteiger partial charge in [0.2, 0.25) is 0 Å². The van der Waals surface area contributed by atoms with E-state index >= 15 is 0 Å². The Bertz CT molecular complexity index is 958. The van der Waals surface area contributed by atoms with Crippen LogP contribution < -0.4 is 5.32 Å². The van der Waals surface area contributed by atoms with Crippen molar-refractivity contribution in [1.82, 2.24) is 0 Å². The van der Waals surface area contributed by atoms with Gasteiger partial charge in [0.15, 0.2) is 5.78 Å². The first-order valence-electron chi connectivity index (χ1n) is 13.0. The molecule has 0 radical (unpaired) electrons. The molecule has 1 aromatic rings. The fourth-order valence-corrected chi connectivity index (χ4v) is 8.67. The van der Waals surface area contributed by atoms with Crippen LogP contribution in [0.1, 0.15) is 64.7 Å². The Balaban J connectivity index is 1.26. The zero-order chi connectivity index (χ0) is 24.1. The molecule has 4 aliphatic rings. The highest BCUT2D eigenvalue weighted by atomic mass is 19.1. The molecule has 1 aromatic carbocycles. The smallest absolute Gasteiger partial charge is 0.155 e. The summed E-state index contributed by atoms with van der Waals surface area (Å²) < 4.78 is 26.9. The standard InChI is InChI=1S/C27H37F2N3O2/c1-26-10-8-19-18-9-11-27(34,15-28)13-16(18)2-4-20(19)21(26)5-6-22(26)25(33)14-31-23-7-3-17(29)12-24(23)32-30/h3,7,12,16,18-22,30-31,34H,2,4-6,8-11,13-15H2,1H3/t16-,18+,19-,20-,21+,22?,26+,27-/m1/s1. The molecule has 0 amide bonds. The number of Topliss-reactive ketones (excluding diaryl/α,β-unsaturated/α-hetero) is 1. The van der Waals surface area contributed by atoms with Crippen molar-refractivity contribution >= 4 is 17.2 Å². The van der Waals surface area contributed by atoms with E-state index in [0.717, 1.165) is 44.9 Å². The Hall–Kier alpha value is -1.89. The van der Waals surface area contributed by atoms with Crippen molar-refractivity contribution in [3.8, 4) is 0 Å². The summed E-state index contributed by atoms with van der Waals surface area (Å²) in [4.78, 5) is 13.4. The minimum atomic E-state index is -1.10. The van der Waals surface area contributed by atoms with Gasteiger partial charge in [-0.15, -0.1) is 0 Å². The molecule has 4 fully saturated rings. The number of benzene rings is 1. The maximum atomic E-state index is 13.4. The highest BCUT2D eigenvalue weighted by Gasteiger charge is 2.58. The molecule has 8 atom stereocenters. The molecule has 5 rings (SSSR count). The van der Waals surface area contributed by atoms with E-state index in [2.05, 4.69) is 17.4 Å². The van der Waals surface area contributed by atoms with Crippen LogP contribution in [0.3, 0.4) is 0 Å². The van der Waals surface area contributed by atoms with Gasteiger partial charge in [0, 0.05) is 12.0 Å². The second-order valence-corrected chi connectivity index (χ2v) is 11.8. The number of nitrogens with one attached hydrogen (secondary N) is 2. The molecule has 0 saturated heterocycles. The third-order valence-electron chi connectivity index (χ3n) is 10.3. The molecule has 34 heavy (non-hydrogen) atoms. The average Bonchev–Trinajstić information content (AvgIpc) is 3.20. The molecule has 1 unspecified atom stereocenters. The molecule has 0 heterocycles. The largest absolute Gasteiger partial charge is 0.387 e. The first-order valence-corrected chi connectivity index (χ1v) is 13.0. The topological polar surface area (TPSA) is 85.5 Å². The van der Waals surface area contributed by atoms with Crippen molar-refractivity contribution in [2.75, 3.05) is 18.5 Å². The van der Waals surface area contributed by atoms with E-state index in [1.54, 1.807) is 0 Å². The van der Waals surface area contributed by atoms with E-state index in [4.69, 9.17) is 5.53 Å². The number of alkyl halides is 1. The summed E-state index contributed by atoms with van der Waals surface area (Å²) in [7, 11) is 0. The second-order valence-electron chi connectivity index (χ2n) is 11.8. The lowest BCUT2D eigenvalue weighted by molar-refractivity contribution is -0.132. The zero-order valence-corrected chi connectivity index (χ0v) is 20.0. The number of rotatable bonds is 6. The van der Waals surface area contributed by atoms with Crippen molar-refractivity contribution in [2.24, 2.45) is 46.0 Å². The summed E-state index contributed by atoms with van der Waals surface area (Å²) in [5, 5.41) is 17.0. The van der Waals surface area contributed by atoms with Crippen LogP contribution in [0.15, 0.2) is 23.3 Å². The lowest BCUT2D eigenvalue weighted by Gasteiger charge is -2.57. The number of hydrogen-bond acceptors (Lipinski definition) is 5. The van der Waals surface area contributed by atoms with Crippen molar-refractivity contribution in [2.45, 2.75) is 70.3 Å². The van der Waals surface area contributed by atoms with Crippen molar-refractivity contribution in [3.63, 3.8) is 0 Å². The van der Waals surface area contributed by atoms with E-state index in [1.165, 1.54) is 18.2 Å². The minimum absolute atomic E-state index is 0.00648.